The van der Waals surface area contributed by atoms with Gasteiger partial charge in [-0.25, -0.2) is 4.68 Å². The van der Waals surface area contributed by atoms with E-state index in [-0.39, 0.29) is 6.04 Å². The molecule has 0 amide bonds. The van der Waals surface area contributed by atoms with E-state index in [1.165, 1.54) is 0 Å². The van der Waals surface area contributed by atoms with Crippen molar-refractivity contribution in [2.45, 2.75) is 19.9 Å². The smallest absolute Gasteiger partial charge is 0.178 e. The van der Waals surface area contributed by atoms with E-state index in [0.29, 0.717) is 0 Å². The van der Waals surface area contributed by atoms with Crippen LogP contribution in [0.5, 0.6) is 0 Å². The molecule has 0 bridgehead atoms. The van der Waals surface area contributed by atoms with Crippen LogP contribution in [0.25, 0.3) is 11.3 Å². The highest BCUT2D eigenvalue weighted by atomic mass is 15.4. The Morgan fingerprint density at radius 3 is 2.83 bits per heavy atom. The Hall–Kier alpha value is -3.22. The van der Waals surface area contributed by atoms with Crippen molar-refractivity contribution in [1.29, 1.82) is 0 Å². The van der Waals surface area contributed by atoms with Crippen LogP contribution in [0.2, 0.25) is 0 Å². The summed E-state index contributed by atoms with van der Waals surface area (Å²) in [5.74, 6) is 1.55. The lowest BCUT2D eigenvalue weighted by Crippen LogP contribution is -2.10. The fourth-order valence-corrected chi connectivity index (χ4v) is 2.64. The molecule has 0 radical (unpaired) electrons. The zero-order valence-corrected chi connectivity index (χ0v) is 13.5. The number of rotatable bonds is 4. The molecule has 120 valence electrons. The number of aryl methyl sites for hydroxylation is 1. The topological polar surface area (TPSA) is 72.9 Å². The van der Waals surface area contributed by atoms with Gasteiger partial charge in [0.2, 0.25) is 0 Å². The standard InChI is InChI=1S/C17H17N7/c1-12(14-5-3-6-15(11-14)23-10-4-9-18-23)19-16-7-8-17-21-20-13(2)24(17)22-16/h3-12H,1-2H3,(H,19,22)/t12-/m1/s1. The van der Waals surface area contributed by atoms with Gasteiger partial charge < -0.3 is 5.32 Å². The van der Waals surface area contributed by atoms with Crippen LogP contribution in [0.3, 0.4) is 0 Å². The summed E-state index contributed by atoms with van der Waals surface area (Å²) in [4.78, 5) is 0. The van der Waals surface area contributed by atoms with Crippen LogP contribution in [0.1, 0.15) is 24.4 Å². The summed E-state index contributed by atoms with van der Waals surface area (Å²) in [6, 6.07) is 14.1. The number of anilines is 1. The number of fused-ring (bicyclic) bond motifs is 1. The summed E-state index contributed by atoms with van der Waals surface area (Å²) >= 11 is 0. The summed E-state index contributed by atoms with van der Waals surface area (Å²) < 4.78 is 3.58. The first-order valence-corrected chi connectivity index (χ1v) is 7.76. The van der Waals surface area contributed by atoms with Gasteiger partial charge in [-0.15, -0.1) is 15.3 Å². The number of hydrogen-bond acceptors (Lipinski definition) is 5. The van der Waals surface area contributed by atoms with Crippen LogP contribution >= 0.6 is 0 Å². The zero-order valence-electron chi connectivity index (χ0n) is 13.5. The predicted octanol–water partition coefficient (Wildman–Crippen LogP) is 2.79. The molecule has 0 saturated heterocycles. The third kappa shape index (κ3) is 2.60. The highest BCUT2D eigenvalue weighted by Gasteiger charge is 2.09. The minimum absolute atomic E-state index is 0.0993. The molecule has 0 unspecified atom stereocenters. The van der Waals surface area contributed by atoms with E-state index in [1.807, 2.05) is 48.1 Å². The second-order valence-corrected chi connectivity index (χ2v) is 5.65. The van der Waals surface area contributed by atoms with E-state index in [1.54, 1.807) is 10.7 Å². The molecule has 0 aliphatic carbocycles. The zero-order chi connectivity index (χ0) is 16.5. The molecule has 1 aromatic carbocycles. The van der Waals surface area contributed by atoms with E-state index in [4.69, 9.17) is 0 Å². The van der Waals surface area contributed by atoms with Crippen LogP contribution in [0.4, 0.5) is 5.82 Å². The summed E-state index contributed by atoms with van der Waals surface area (Å²) in [6.07, 6.45) is 3.70. The maximum absolute atomic E-state index is 4.54. The van der Waals surface area contributed by atoms with Gasteiger partial charge in [0, 0.05) is 12.4 Å². The minimum Gasteiger partial charge on any atom is -0.362 e. The Balaban J connectivity index is 1.60. The average molecular weight is 319 g/mol. The predicted molar refractivity (Wildman–Crippen MR) is 91.1 cm³/mol. The Kier molecular flexibility index (Phi) is 3.45. The second-order valence-electron chi connectivity index (χ2n) is 5.65. The molecule has 3 aromatic heterocycles. The Morgan fingerprint density at radius 2 is 2.00 bits per heavy atom. The van der Waals surface area contributed by atoms with E-state index in [9.17, 15) is 0 Å². The molecule has 1 N–H and O–H groups in total. The van der Waals surface area contributed by atoms with E-state index in [2.05, 4.69) is 44.8 Å². The lowest BCUT2D eigenvalue weighted by molar-refractivity contribution is 0.823. The van der Waals surface area contributed by atoms with Crippen molar-refractivity contribution in [1.82, 2.24) is 29.6 Å². The number of hydrogen-bond donors (Lipinski definition) is 1. The molecule has 0 spiro atoms. The monoisotopic (exact) mass is 319 g/mol. The summed E-state index contributed by atoms with van der Waals surface area (Å²) in [7, 11) is 0. The van der Waals surface area contributed by atoms with Crippen molar-refractivity contribution in [3.63, 3.8) is 0 Å². The van der Waals surface area contributed by atoms with Gasteiger partial charge in [0.15, 0.2) is 11.5 Å². The van der Waals surface area contributed by atoms with Crippen molar-refractivity contribution in [2.24, 2.45) is 0 Å². The Bertz CT molecular complexity index is 972. The number of nitrogens with zero attached hydrogens (tertiary/aromatic N) is 6. The lowest BCUT2D eigenvalue weighted by atomic mass is 10.1. The van der Waals surface area contributed by atoms with Gasteiger partial charge in [-0.1, -0.05) is 12.1 Å². The van der Waals surface area contributed by atoms with Crippen molar-refractivity contribution in [3.05, 3.63) is 66.2 Å². The Morgan fingerprint density at radius 1 is 1.08 bits per heavy atom. The Labute approximate surface area is 139 Å². The van der Waals surface area contributed by atoms with E-state index >= 15 is 0 Å². The van der Waals surface area contributed by atoms with E-state index < -0.39 is 0 Å². The molecule has 0 fully saturated rings. The molecular weight excluding hydrogens is 302 g/mol. The van der Waals surface area contributed by atoms with Gasteiger partial charge in [0.05, 0.1) is 11.7 Å². The normalized spacial score (nSPS) is 12.4. The molecule has 3 heterocycles. The van der Waals surface area contributed by atoms with Gasteiger partial charge in [-0.3, -0.25) is 0 Å². The van der Waals surface area contributed by atoms with Crippen molar-refractivity contribution >= 4 is 11.5 Å². The number of benzene rings is 1. The van der Waals surface area contributed by atoms with Gasteiger partial charge in [-0.05, 0) is 49.7 Å². The van der Waals surface area contributed by atoms with Crippen LogP contribution in [0, 0.1) is 6.92 Å². The third-order valence-electron chi connectivity index (χ3n) is 3.92. The quantitative estimate of drug-likeness (QED) is 0.626. The first-order valence-electron chi connectivity index (χ1n) is 7.76. The fourth-order valence-electron chi connectivity index (χ4n) is 2.64. The van der Waals surface area contributed by atoms with Crippen molar-refractivity contribution in [3.8, 4) is 5.69 Å². The van der Waals surface area contributed by atoms with E-state index in [0.717, 1.165) is 28.5 Å². The summed E-state index contributed by atoms with van der Waals surface area (Å²) in [5, 5.41) is 20.3. The molecule has 4 aromatic rings. The SMILES string of the molecule is Cc1nnc2ccc(N[C@H](C)c3cccc(-n4cccn4)c3)nn12. The molecule has 24 heavy (non-hydrogen) atoms. The highest BCUT2D eigenvalue weighted by Crippen LogP contribution is 2.20. The molecule has 7 heteroatoms. The molecule has 0 saturated carbocycles. The van der Waals surface area contributed by atoms with Crippen LogP contribution in [-0.2, 0) is 0 Å². The van der Waals surface area contributed by atoms with Gasteiger partial charge in [0.1, 0.15) is 5.82 Å². The maximum atomic E-state index is 4.54. The molecule has 0 aliphatic heterocycles. The molecule has 1 atom stereocenters. The molecule has 4 rings (SSSR count). The molecule has 0 aliphatic rings. The lowest BCUT2D eigenvalue weighted by Gasteiger charge is -2.16. The average Bonchev–Trinajstić information content (AvgIpc) is 3.26. The van der Waals surface area contributed by atoms with Crippen LogP contribution in [-0.4, -0.2) is 29.6 Å². The first-order chi connectivity index (χ1) is 11.7. The molecule has 7 nitrogen and oxygen atoms in total. The van der Waals surface area contributed by atoms with Gasteiger partial charge in [0.25, 0.3) is 0 Å². The van der Waals surface area contributed by atoms with Crippen LogP contribution < -0.4 is 5.32 Å². The first kappa shape index (κ1) is 14.4. The van der Waals surface area contributed by atoms with Crippen molar-refractivity contribution in [2.75, 3.05) is 5.32 Å². The summed E-state index contributed by atoms with van der Waals surface area (Å²) in [5.41, 5.74) is 2.93. The van der Waals surface area contributed by atoms with Crippen molar-refractivity contribution < 1.29 is 0 Å². The largest absolute Gasteiger partial charge is 0.362 e. The van der Waals surface area contributed by atoms with Gasteiger partial charge in [-0.2, -0.15) is 9.61 Å². The fraction of sp³-hybridized carbons (Fsp3) is 0.176. The molecular formula is C17H17N7. The summed E-state index contributed by atoms with van der Waals surface area (Å²) in [6.45, 7) is 3.99. The number of aromatic nitrogens is 6. The maximum Gasteiger partial charge on any atom is 0.178 e. The second kappa shape index (κ2) is 5.77. The third-order valence-corrected chi connectivity index (χ3v) is 3.92. The van der Waals surface area contributed by atoms with Gasteiger partial charge >= 0.3 is 0 Å². The highest BCUT2D eigenvalue weighted by molar-refractivity contribution is 5.46. The minimum atomic E-state index is 0.0993. The van der Waals surface area contributed by atoms with Crippen LogP contribution in [0.15, 0.2) is 54.9 Å². The number of nitrogens with one attached hydrogen (secondary N) is 1.